The highest BCUT2D eigenvalue weighted by molar-refractivity contribution is 5.85. The molecule has 1 aliphatic rings. The molecule has 0 bridgehead atoms. The van der Waals surface area contributed by atoms with Crippen LogP contribution in [0.2, 0.25) is 0 Å². The molecule has 5 rings (SSSR count). The summed E-state index contributed by atoms with van der Waals surface area (Å²) in [6.07, 6.45) is 2.18. The van der Waals surface area contributed by atoms with Crippen LogP contribution in [0, 0.1) is 0 Å². The molecule has 1 aliphatic carbocycles. The van der Waals surface area contributed by atoms with Crippen LogP contribution in [-0.2, 0) is 13.0 Å². The average molecular weight is 426 g/mol. The van der Waals surface area contributed by atoms with E-state index in [9.17, 15) is 18.0 Å². The fourth-order valence-electron chi connectivity index (χ4n) is 4.26. The smallest absolute Gasteiger partial charge is 0.289 e. The number of imidazole rings is 1. The number of alkyl halides is 3. The Morgan fingerprint density at radius 3 is 2.65 bits per heavy atom. The number of aryl methyl sites for hydroxylation is 1. The van der Waals surface area contributed by atoms with E-state index in [4.69, 9.17) is 0 Å². The van der Waals surface area contributed by atoms with E-state index >= 15 is 0 Å². The summed E-state index contributed by atoms with van der Waals surface area (Å²) in [6.45, 7) is 0.201. The molecule has 1 aromatic carbocycles. The Labute approximate surface area is 176 Å². The van der Waals surface area contributed by atoms with Crippen molar-refractivity contribution in [3.05, 3.63) is 70.7 Å². The fourth-order valence-corrected chi connectivity index (χ4v) is 4.26. The molecule has 0 spiro atoms. The molecule has 0 aliphatic heterocycles. The topological polar surface area (TPSA) is 52.7 Å². The molecule has 0 saturated heterocycles. The number of rotatable bonds is 6. The van der Waals surface area contributed by atoms with Crippen LogP contribution in [0.1, 0.15) is 43.0 Å². The molecule has 0 atom stereocenters. The summed E-state index contributed by atoms with van der Waals surface area (Å²) in [5.74, 6) is 0. The predicted molar refractivity (Wildman–Crippen MR) is 112 cm³/mol. The summed E-state index contributed by atoms with van der Waals surface area (Å²) in [7, 11) is 0. The number of hydrogen-bond acceptors (Lipinski definition) is 3. The van der Waals surface area contributed by atoms with E-state index in [0.717, 1.165) is 40.2 Å². The number of nitrogens with zero attached hydrogens (tertiary/aromatic N) is 4. The first-order valence-corrected chi connectivity index (χ1v) is 10.4. The Bertz CT molecular complexity index is 1320. The second kappa shape index (κ2) is 7.51. The summed E-state index contributed by atoms with van der Waals surface area (Å²) in [5, 5.41) is 1.76. The molecule has 0 N–H and O–H groups in total. The second-order valence-corrected chi connectivity index (χ2v) is 8.07. The third-order valence-corrected chi connectivity index (χ3v) is 5.87. The van der Waals surface area contributed by atoms with E-state index in [1.807, 2.05) is 30.3 Å². The zero-order valence-corrected chi connectivity index (χ0v) is 16.8. The van der Waals surface area contributed by atoms with Gasteiger partial charge in [-0.15, -0.1) is 0 Å². The maximum atomic E-state index is 13.2. The minimum atomic E-state index is -4.20. The largest absolute Gasteiger partial charge is 0.389 e. The quantitative estimate of drug-likeness (QED) is 0.435. The van der Waals surface area contributed by atoms with Crippen molar-refractivity contribution in [3.63, 3.8) is 0 Å². The van der Waals surface area contributed by atoms with Gasteiger partial charge in [0, 0.05) is 30.2 Å². The maximum Gasteiger partial charge on any atom is 0.389 e. The van der Waals surface area contributed by atoms with Crippen molar-refractivity contribution < 1.29 is 13.2 Å². The van der Waals surface area contributed by atoms with Gasteiger partial charge in [-0.05, 0) is 42.7 Å². The van der Waals surface area contributed by atoms with Gasteiger partial charge < -0.3 is 0 Å². The number of benzene rings is 1. The maximum absolute atomic E-state index is 13.2. The van der Waals surface area contributed by atoms with E-state index in [1.54, 1.807) is 27.7 Å². The summed E-state index contributed by atoms with van der Waals surface area (Å²) in [5.41, 5.74) is 2.83. The zero-order valence-electron chi connectivity index (χ0n) is 16.8. The highest BCUT2D eigenvalue weighted by Gasteiger charge is 2.29. The molecular weight excluding hydrogens is 405 g/mol. The van der Waals surface area contributed by atoms with Crippen molar-refractivity contribution in [1.82, 2.24) is 19.1 Å². The lowest BCUT2D eigenvalue weighted by molar-refractivity contribution is -0.135. The molecule has 8 heteroatoms. The Balaban J connectivity index is 1.59. The zero-order chi connectivity index (χ0) is 21.6. The van der Waals surface area contributed by atoms with Crippen LogP contribution in [-0.4, -0.2) is 25.3 Å². The van der Waals surface area contributed by atoms with Crippen LogP contribution in [0.4, 0.5) is 13.2 Å². The van der Waals surface area contributed by atoms with Crippen LogP contribution < -0.4 is 5.69 Å². The number of aromatic nitrogens is 4. The van der Waals surface area contributed by atoms with Crippen LogP contribution in [0.15, 0.2) is 53.7 Å². The average Bonchev–Trinajstić information content (AvgIpc) is 3.54. The minimum Gasteiger partial charge on any atom is -0.289 e. The van der Waals surface area contributed by atoms with Crippen LogP contribution in [0.25, 0.3) is 21.8 Å². The van der Waals surface area contributed by atoms with Crippen molar-refractivity contribution in [2.75, 3.05) is 0 Å². The summed E-state index contributed by atoms with van der Waals surface area (Å²) in [4.78, 5) is 22.0. The Morgan fingerprint density at radius 2 is 1.87 bits per heavy atom. The van der Waals surface area contributed by atoms with Crippen molar-refractivity contribution in [2.45, 2.75) is 50.9 Å². The normalized spacial score (nSPS) is 14.5. The van der Waals surface area contributed by atoms with Gasteiger partial charge in [-0.2, -0.15) is 13.2 Å². The third kappa shape index (κ3) is 3.82. The Kier molecular flexibility index (Phi) is 4.79. The van der Waals surface area contributed by atoms with Crippen molar-refractivity contribution in [1.29, 1.82) is 0 Å². The van der Waals surface area contributed by atoms with Crippen LogP contribution in [0.5, 0.6) is 0 Å². The lowest BCUT2D eigenvalue weighted by atomic mass is 9.99. The van der Waals surface area contributed by atoms with E-state index in [0.29, 0.717) is 5.69 Å². The van der Waals surface area contributed by atoms with Gasteiger partial charge in [0.1, 0.15) is 0 Å². The molecule has 3 aromatic heterocycles. The molecule has 3 heterocycles. The van der Waals surface area contributed by atoms with E-state index < -0.39 is 12.6 Å². The van der Waals surface area contributed by atoms with Gasteiger partial charge in [0.25, 0.3) is 0 Å². The second-order valence-electron chi connectivity index (χ2n) is 8.07. The standard InChI is InChI=1S/C23H21F3N4O/c24-23(25,26)10-3-6-18-17-5-2-1-4-15(17)12-28-19(18)14-29-21-13-27-11-9-20(21)30(22(29)31)16-7-8-16/h1-2,4-5,9,11-13,16H,3,6-8,10,14H2. The molecule has 160 valence electrons. The monoisotopic (exact) mass is 426 g/mol. The molecule has 5 nitrogen and oxygen atoms in total. The van der Waals surface area contributed by atoms with Crippen molar-refractivity contribution >= 4 is 21.8 Å². The van der Waals surface area contributed by atoms with Gasteiger partial charge in [-0.1, -0.05) is 24.3 Å². The Morgan fingerprint density at radius 1 is 1.06 bits per heavy atom. The number of halogens is 3. The van der Waals surface area contributed by atoms with E-state index in [-0.39, 0.29) is 31.1 Å². The lowest BCUT2D eigenvalue weighted by Crippen LogP contribution is -2.25. The van der Waals surface area contributed by atoms with Gasteiger partial charge in [0.2, 0.25) is 0 Å². The first kappa shape index (κ1) is 19.8. The van der Waals surface area contributed by atoms with Gasteiger partial charge in [-0.25, -0.2) is 4.79 Å². The van der Waals surface area contributed by atoms with Crippen molar-refractivity contribution in [2.24, 2.45) is 0 Å². The molecule has 0 amide bonds. The highest BCUT2D eigenvalue weighted by atomic mass is 19.4. The van der Waals surface area contributed by atoms with Gasteiger partial charge >= 0.3 is 11.9 Å². The first-order valence-electron chi connectivity index (χ1n) is 10.4. The summed E-state index contributed by atoms with van der Waals surface area (Å²) in [6, 6.07) is 9.59. The SMILES string of the molecule is O=c1n(Cc2ncc3ccccc3c2CCCC(F)(F)F)c2cnccc2n1C1CC1. The number of hydrogen-bond donors (Lipinski definition) is 0. The van der Waals surface area contributed by atoms with Crippen LogP contribution in [0.3, 0.4) is 0 Å². The van der Waals surface area contributed by atoms with Crippen LogP contribution >= 0.6 is 0 Å². The molecule has 31 heavy (non-hydrogen) atoms. The highest BCUT2D eigenvalue weighted by Crippen LogP contribution is 2.36. The summed E-state index contributed by atoms with van der Waals surface area (Å²) >= 11 is 0. The molecule has 0 unspecified atom stereocenters. The lowest BCUT2D eigenvalue weighted by Gasteiger charge is -2.14. The predicted octanol–water partition coefficient (Wildman–Crippen LogP) is 5.01. The summed E-state index contributed by atoms with van der Waals surface area (Å²) < 4.78 is 41.7. The number of fused-ring (bicyclic) bond motifs is 2. The Hall–Kier alpha value is -3.16. The molecule has 4 aromatic rings. The molecule has 0 radical (unpaired) electrons. The van der Waals surface area contributed by atoms with Gasteiger partial charge in [-0.3, -0.25) is 19.1 Å². The van der Waals surface area contributed by atoms with E-state index in [1.165, 1.54) is 0 Å². The molecular formula is C23H21F3N4O. The minimum absolute atomic E-state index is 0.0214. The third-order valence-electron chi connectivity index (χ3n) is 5.87. The van der Waals surface area contributed by atoms with E-state index in [2.05, 4.69) is 9.97 Å². The number of pyridine rings is 2. The molecule has 1 saturated carbocycles. The first-order chi connectivity index (χ1) is 14.9. The fraction of sp³-hybridized carbons (Fsp3) is 0.348. The van der Waals surface area contributed by atoms with Gasteiger partial charge in [0.15, 0.2) is 0 Å². The van der Waals surface area contributed by atoms with Crippen molar-refractivity contribution in [3.8, 4) is 0 Å². The molecule has 1 fully saturated rings. The van der Waals surface area contributed by atoms with Gasteiger partial charge in [0.05, 0.1) is 29.5 Å².